The molecule has 0 spiro atoms. The van der Waals surface area contributed by atoms with Crippen LogP contribution in [-0.2, 0) is 6.54 Å². The van der Waals surface area contributed by atoms with E-state index < -0.39 is 10.7 Å². The number of benzene rings is 2. The van der Waals surface area contributed by atoms with E-state index in [2.05, 4.69) is 5.32 Å². The van der Waals surface area contributed by atoms with Crippen LogP contribution >= 0.6 is 11.6 Å². The number of nitro groups is 1. The van der Waals surface area contributed by atoms with Crippen molar-refractivity contribution >= 4 is 23.0 Å². The van der Waals surface area contributed by atoms with E-state index >= 15 is 0 Å². The number of nitro benzene ring substituents is 1. The van der Waals surface area contributed by atoms with Gasteiger partial charge < -0.3 is 5.32 Å². The number of nitrogens with one attached hydrogen (secondary N) is 1. The van der Waals surface area contributed by atoms with Gasteiger partial charge in [-0.15, -0.1) is 0 Å². The van der Waals surface area contributed by atoms with Crippen LogP contribution in [0.3, 0.4) is 0 Å². The zero-order valence-corrected chi connectivity index (χ0v) is 11.4. The molecular weight excluding hydrogens is 283 g/mol. The lowest BCUT2D eigenvalue weighted by molar-refractivity contribution is -0.385. The van der Waals surface area contributed by atoms with Crippen LogP contribution < -0.4 is 5.32 Å². The Labute approximate surface area is 120 Å². The Morgan fingerprint density at radius 1 is 1.35 bits per heavy atom. The lowest BCUT2D eigenvalue weighted by Gasteiger charge is -2.11. The van der Waals surface area contributed by atoms with E-state index in [0.29, 0.717) is 5.02 Å². The summed E-state index contributed by atoms with van der Waals surface area (Å²) in [5, 5.41) is 14.5. The van der Waals surface area contributed by atoms with Crippen molar-refractivity contribution in [2.75, 3.05) is 5.32 Å². The number of nitrogens with zero attached hydrogens (tertiary/aromatic N) is 1. The maximum Gasteiger partial charge on any atom is 0.274 e. The first-order chi connectivity index (χ1) is 9.49. The molecule has 0 aromatic heterocycles. The lowest BCUT2D eigenvalue weighted by atomic mass is 10.1. The highest BCUT2D eigenvalue weighted by atomic mass is 35.5. The van der Waals surface area contributed by atoms with Crippen molar-refractivity contribution in [3.05, 3.63) is 68.5 Å². The van der Waals surface area contributed by atoms with Gasteiger partial charge in [-0.25, -0.2) is 4.39 Å². The predicted octanol–water partition coefficient (Wildman–Crippen LogP) is 4.31. The Balaban J connectivity index is 2.24. The van der Waals surface area contributed by atoms with Gasteiger partial charge >= 0.3 is 0 Å². The molecule has 0 radical (unpaired) electrons. The van der Waals surface area contributed by atoms with Gasteiger partial charge in [0.1, 0.15) is 5.82 Å². The molecule has 4 nitrogen and oxygen atoms in total. The zero-order chi connectivity index (χ0) is 14.7. The summed E-state index contributed by atoms with van der Waals surface area (Å²) in [4.78, 5) is 10.4. The van der Waals surface area contributed by atoms with Crippen LogP contribution in [0.1, 0.15) is 11.1 Å². The van der Waals surface area contributed by atoms with Gasteiger partial charge in [-0.1, -0.05) is 17.7 Å². The predicted molar refractivity (Wildman–Crippen MR) is 76.6 cm³/mol. The molecule has 0 aliphatic rings. The van der Waals surface area contributed by atoms with Crippen LogP contribution in [0.5, 0.6) is 0 Å². The summed E-state index contributed by atoms with van der Waals surface area (Å²) in [5.74, 6) is -0.504. The normalized spacial score (nSPS) is 10.3. The molecule has 0 heterocycles. The monoisotopic (exact) mass is 294 g/mol. The van der Waals surface area contributed by atoms with Gasteiger partial charge in [-0.05, 0) is 36.8 Å². The third-order valence-corrected chi connectivity index (χ3v) is 3.38. The highest BCUT2D eigenvalue weighted by Crippen LogP contribution is 2.25. The summed E-state index contributed by atoms with van der Waals surface area (Å²) >= 11 is 5.99. The van der Waals surface area contributed by atoms with Gasteiger partial charge in [-0.2, -0.15) is 0 Å². The SMILES string of the molecule is Cc1c(Cl)cccc1NCc1cc(F)ccc1[N+](=O)[O-]. The first kappa shape index (κ1) is 14.3. The Morgan fingerprint density at radius 2 is 2.10 bits per heavy atom. The summed E-state index contributed by atoms with van der Waals surface area (Å²) < 4.78 is 13.2. The molecule has 0 aliphatic carbocycles. The summed E-state index contributed by atoms with van der Waals surface area (Å²) in [6.07, 6.45) is 0. The standard InChI is InChI=1S/C14H12ClFN2O2/c1-9-12(15)3-2-4-13(9)17-8-10-7-11(16)5-6-14(10)18(19)20/h2-7,17H,8H2,1H3. The van der Waals surface area contributed by atoms with Gasteiger partial charge in [0.05, 0.1) is 10.5 Å². The molecule has 0 atom stereocenters. The first-order valence-electron chi connectivity index (χ1n) is 5.91. The molecular formula is C14H12ClFN2O2. The van der Waals surface area contributed by atoms with Crippen LogP contribution in [0.25, 0.3) is 0 Å². The Morgan fingerprint density at radius 3 is 2.80 bits per heavy atom. The second-order valence-corrected chi connectivity index (χ2v) is 4.70. The minimum absolute atomic E-state index is 0.112. The van der Waals surface area contributed by atoms with Crippen molar-refractivity contribution < 1.29 is 9.31 Å². The van der Waals surface area contributed by atoms with Crippen molar-refractivity contribution in [2.24, 2.45) is 0 Å². The Kier molecular flexibility index (Phi) is 4.20. The fourth-order valence-electron chi connectivity index (χ4n) is 1.86. The maximum absolute atomic E-state index is 13.2. The Hall–Kier alpha value is -2.14. The average Bonchev–Trinajstić information content (AvgIpc) is 2.40. The zero-order valence-electron chi connectivity index (χ0n) is 10.7. The summed E-state index contributed by atoms with van der Waals surface area (Å²) in [7, 11) is 0. The summed E-state index contributed by atoms with van der Waals surface area (Å²) in [6, 6.07) is 8.74. The number of anilines is 1. The molecule has 2 aromatic carbocycles. The number of halogens is 2. The van der Waals surface area contributed by atoms with Gasteiger partial charge in [0.15, 0.2) is 0 Å². The molecule has 0 saturated heterocycles. The number of hydrogen-bond acceptors (Lipinski definition) is 3. The summed E-state index contributed by atoms with van der Waals surface area (Å²) in [5.41, 5.74) is 1.78. The number of hydrogen-bond donors (Lipinski definition) is 1. The highest BCUT2D eigenvalue weighted by molar-refractivity contribution is 6.31. The molecule has 0 unspecified atom stereocenters. The van der Waals surface area contributed by atoms with E-state index in [4.69, 9.17) is 11.6 Å². The molecule has 0 saturated carbocycles. The molecule has 20 heavy (non-hydrogen) atoms. The second kappa shape index (κ2) is 5.88. The average molecular weight is 295 g/mol. The molecule has 0 aliphatic heterocycles. The quantitative estimate of drug-likeness (QED) is 0.675. The van der Waals surface area contributed by atoms with Crippen LogP contribution in [0.2, 0.25) is 5.02 Å². The van der Waals surface area contributed by atoms with Crippen molar-refractivity contribution in [3.63, 3.8) is 0 Å². The van der Waals surface area contributed by atoms with Crippen molar-refractivity contribution in [3.8, 4) is 0 Å². The second-order valence-electron chi connectivity index (χ2n) is 4.30. The van der Waals surface area contributed by atoms with E-state index in [-0.39, 0.29) is 17.8 Å². The van der Waals surface area contributed by atoms with E-state index in [1.165, 1.54) is 0 Å². The van der Waals surface area contributed by atoms with Gasteiger partial charge in [0.2, 0.25) is 0 Å². The Bertz CT molecular complexity index is 662. The fraction of sp³-hybridized carbons (Fsp3) is 0.143. The fourth-order valence-corrected chi connectivity index (χ4v) is 2.04. The highest BCUT2D eigenvalue weighted by Gasteiger charge is 2.14. The van der Waals surface area contributed by atoms with E-state index in [1.807, 2.05) is 13.0 Å². The van der Waals surface area contributed by atoms with E-state index in [9.17, 15) is 14.5 Å². The third kappa shape index (κ3) is 3.05. The molecule has 104 valence electrons. The molecule has 6 heteroatoms. The van der Waals surface area contributed by atoms with Crippen LogP contribution in [0.15, 0.2) is 36.4 Å². The largest absolute Gasteiger partial charge is 0.380 e. The third-order valence-electron chi connectivity index (χ3n) is 2.98. The van der Waals surface area contributed by atoms with Crippen molar-refractivity contribution in [1.82, 2.24) is 0 Å². The van der Waals surface area contributed by atoms with Crippen molar-refractivity contribution in [1.29, 1.82) is 0 Å². The number of rotatable bonds is 4. The first-order valence-corrected chi connectivity index (χ1v) is 6.28. The van der Waals surface area contributed by atoms with E-state index in [1.54, 1.807) is 12.1 Å². The molecule has 0 amide bonds. The minimum atomic E-state index is -0.527. The molecule has 0 bridgehead atoms. The maximum atomic E-state index is 13.2. The molecule has 0 fully saturated rings. The van der Waals surface area contributed by atoms with Crippen molar-refractivity contribution in [2.45, 2.75) is 13.5 Å². The molecule has 2 aromatic rings. The van der Waals surface area contributed by atoms with Crippen LogP contribution in [-0.4, -0.2) is 4.92 Å². The topological polar surface area (TPSA) is 55.2 Å². The molecule has 1 N–H and O–H groups in total. The van der Waals surface area contributed by atoms with Crippen LogP contribution in [0, 0.1) is 22.9 Å². The lowest BCUT2D eigenvalue weighted by Crippen LogP contribution is -2.04. The van der Waals surface area contributed by atoms with Gasteiger partial charge in [0.25, 0.3) is 5.69 Å². The van der Waals surface area contributed by atoms with Crippen LogP contribution in [0.4, 0.5) is 15.8 Å². The minimum Gasteiger partial charge on any atom is -0.380 e. The van der Waals surface area contributed by atoms with Gasteiger partial charge in [0, 0.05) is 23.3 Å². The molecule has 2 rings (SSSR count). The summed E-state index contributed by atoms with van der Waals surface area (Å²) in [6.45, 7) is 1.99. The smallest absolute Gasteiger partial charge is 0.274 e. The van der Waals surface area contributed by atoms with Gasteiger partial charge in [-0.3, -0.25) is 10.1 Å². The van der Waals surface area contributed by atoms with E-state index in [0.717, 1.165) is 29.4 Å².